The van der Waals surface area contributed by atoms with Gasteiger partial charge >= 0.3 is 0 Å². The van der Waals surface area contributed by atoms with Crippen LogP contribution in [-0.2, 0) is 0 Å². The van der Waals surface area contributed by atoms with Crippen LogP contribution in [0.1, 0.15) is 60.4 Å². The summed E-state index contributed by atoms with van der Waals surface area (Å²) in [6.45, 7) is 8.82. The molecule has 0 heterocycles. The smallest absolute Gasteiger partial charge is 0.0462 e. The van der Waals surface area contributed by atoms with Gasteiger partial charge in [0.05, 0.1) is 0 Å². The average molecular weight is 653 g/mol. The quantitative estimate of drug-likeness (QED) is 0.143. The first-order valence-corrected chi connectivity index (χ1v) is 18.2. The Kier molecular flexibility index (Phi) is 9.98. The summed E-state index contributed by atoms with van der Waals surface area (Å²) in [4.78, 5) is 4.89. The van der Waals surface area contributed by atoms with Gasteiger partial charge in [-0.25, -0.2) is 0 Å². The summed E-state index contributed by atoms with van der Waals surface area (Å²) < 4.78 is 0. The van der Waals surface area contributed by atoms with Gasteiger partial charge in [-0.2, -0.15) is 0 Å². The number of hydrogen-bond acceptors (Lipinski definition) is 2. The van der Waals surface area contributed by atoms with Crippen molar-refractivity contribution in [1.29, 1.82) is 0 Å². The Morgan fingerprint density at radius 1 is 0.400 bits per heavy atom. The van der Waals surface area contributed by atoms with E-state index in [0.717, 1.165) is 23.0 Å². The second-order valence-corrected chi connectivity index (χ2v) is 14.2. The predicted octanol–water partition coefficient (Wildman–Crippen LogP) is 13.6. The average Bonchev–Trinajstić information content (AvgIpc) is 3.15. The van der Waals surface area contributed by atoms with Crippen LogP contribution in [0, 0.1) is 26.7 Å². The maximum absolute atomic E-state index is 2.58. The van der Waals surface area contributed by atoms with Crippen LogP contribution in [0.5, 0.6) is 0 Å². The molecule has 0 N–H and O–H groups in total. The van der Waals surface area contributed by atoms with E-state index < -0.39 is 0 Å². The first-order valence-electron chi connectivity index (χ1n) is 18.2. The van der Waals surface area contributed by atoms with Crippen LogP contribution in [0.4, 0.5) is 28.4 Å². The zero-order chi connectivity index (χ0) is 34.5. The second-order valence-electron chi connectivity index (χ2n) is 14.2. The number of benzene rings is 6. The molecule has 1 fully saturated rings. The topological polar surface area (TPSA) is 6.48 Å². The Bertz CT molecular complexity index is 1950. The number of aryl methyl sites for hydroxylation is 3. The number of anilines is 5. The molecular weight excluding hydrogens is 605 g/mol. The molecule has 0 aliphatic heterocycles. The molecule has 0 saturated heterocycles. The van der Waals surface area contributed by atoms with Gasteiger partial charge in [0.25, 0.3) is 0 Å². The summed E-state index contributed by atoms with van der Waals surface area (Å²) >= 11 is 0. The van der Waals surface area contributed by atoms with E-state index in [9.17, 15) is 0 Å². The predicted molar refractivity (Wildman–Crippen MR) is 216 cm³/mol. The van der Waals surface area contributed by atoms with Gasteiger partial charge in [0.1, 0.15) is 0 Å². The molecule has 0 aromatic heterocycles. The van der Waals surface area contributed by atoms with Gasteiger partial charge in [0, 0.05) is 34.5 Å². The third-order valence-corrected chi connectivity index (χ3v) is 10.3. The molecule has 0 bridgehead atoms. The molecule has 6 aromatic carbocycles. The van der Waals surface area contributed by atoms with Crippen molar-refractivity contribution in [1.82, 2.24) is 0 Å². The van der Waals surface area contributed by atoms with Gasteiger partial charge in [0.15, 0.2) is 0 Å². The highest BCUT2D eigenvalue weighted by Crippen LogP contribution is 2.37. The van der Waals surface area contributed by atoms with Crippen molar-refractivity contribution in [3.63, 3.8) is 0 Å². The normalized spacial score (nSPS) is 16.0. The lowest BCUT2D eigenvalue weighted by Crippen LogP contribution is -2.34. The Morgan fingerprint density at radius 3 is 1.14 bits per heavy atom. The standard InChI is InChI=1S/C48H48N2/c1-35-5-23-43(24-6-35)49(44-25-7-36(2)8-26-44)47-31-17-40(18-32-47)14-13-39-15-19-41(20-16-39)42-21-33-48(34-22-42)50(45-27-9-37(3)10-28-45)46-29-11-38(4)12-30-46/h5-6,9-24,27-34,36,44H,7-8,25-26H2,1-4H3/b14-13+. The van der Waals surface area contributed by atoms with Gasteiger partial charge in [0.2, 0.25) is 0 Å². The Balaban J connectivity index is 1.05. The van der Waals surface area contributed by atoms with Crippen molar-refractivity contribution in [3.05, 3.63) is 173 Å². The molecule has 250 valence electrons. The van der Waals surface area contributed by atoms with Gasteiger partial charge in [-0.05, 0) is 135 Å². The molecule has 7 rings (SSSR count). The molecule has 0 radical (unpaired) electrons. The molecular formula is C48H48N2. The van der Waals surface area contributed by atoms with E-state index in [2.05, 4.69) is 195 Å². The highest BCUT2D eigenvalue weighted by molar-refractivity contribution is 5.79. The summed E-state index contributed by atoms with van der Waals surface area (Å²) in [5.41, 5.74) is 14.7. The van der Waals surface area contributed by atoms with Crippen molar-refractivity contribution in [2.75, 3.05) is 9.80 Å². The van der Waals surface area contributed by atoms with Crippen molar-refractivity contribution < 1.29 is 0 Å². The fourth-order valence-electron chi connectivity index (χ4n) is 7.14. The summed E-state index contributed by atoms with van der Waals surface area (Å²) in [5, 5.41) is 0. The van der Waals surface area contributed by atoms with E-state index >= 15 is 0 Å². The van der Waals surface area contributed by atoms with E-state index in [0.29, 0.717) is 6.04 Å². The highest BCUT2D eigenvalue weighted by Gasteiger charge is 2.25. The molecule has 2 heteroatoms. The number of nitrogens with zero attached hydrogens (tertiary/aromatic N) is 2. The summed E-state index contributed by atoms with van der Waals surface area (Å²) in [7, 11) is 0. The van der Waals surface area contributed by atoms with E-state index in [1.807, 2.05) is 0 Å². The first-order chi connectivity index (χ1) is 24.4. The van der Waals surface area contributed by atoms with Crippen LogP contribution >= 0.6 is 0 Å². The molecule has 1 aliphatic carbocycles. The Hall–Kier alpha value is -5.34. The molecule has 0 atom stereocenters. The molecule has 0 spiro atoms. The molecule has 1 saturated carbocycles. The van der Waals surface area contributed by atoms with Crippen LogP contribution in [0.15, 0.2) is 146 Å². The van der Waals surface area contributed by atoms with Gasteiger partial charge < -0.3 is 9.80 Å². The largest absolute Gasteiger partial charge is 0.338 e. The maximum Gasteiger partial charge on any atom is 0.0462 e. The van der Waals surface area contributed by atoms with Crippen LogP contribution in [0.25, 0.3) is 23.3 Å². The highest BCUT2D eigenvalue weighted by atomic mass is 15.2. The van der Waals surface area contributed by atoms with Crippen molar-refractivity contribution in [2.24, 2.45) is 5.92 Å². The minimum Gasteiger partial charge on any atom is -0.338 e. The SMILES string of the molecule is Cc1ccc(N(c2ccc(C)cc2)c2ccc(-c3ccc(/C=C/c4ccc(N(c5ccc(C)cc5)C5CCC(C)CC5)cc4)cc3)cc2)cc1. The van der Waals surface area contributed by atoms with E-state index in [1.165, 1.54) is 76.0 Å². The van der Waals surface area contributed by atoms with Crippen molar-refractivity contribution >= 4 is 40.6 Å². The summed E-state index contributed by atoms with van der Waals surface area (Å²) in [5.74, 6) is 0.831. The minimum absolute atomic E-state index is 0.547. The van der Waals surface area contributed by atoms with Crippen LogP contribution in [0.2, 0.25) is 0 Å². The van der Waals surface area contributed by atoms with E-state index in [-0.39, 0.29) is 0 Å². The molecule has 0 amide bonds. The third-order valence-electron chi connectivity index (χ3n) is 10.3. The van der Waals surface area contributed by atoms with E-state index in [4.69, 9.17) is 0 Å². The van der Waals surface area contributed by atoms with Gasteiger partial charge in [-0.15, -0.1) is 0 Å². The van der Waals surface area contributed by atoms with Crippen molar-refractivity contribution in [3.8, 4) is 11.1 Å². The third kappa shape index (κ3) is 7.76. The fourth-order valence-corrected chi connectivity index (χ4v) is 7.14. The number of hydrogen-bond donors (Lipinski definition) is 0. The Labute approximate surface area is 299 Å². The van der Waals surface area contributed by atoms with Crippen LogP contribution < -0.4 is 9.80 Å². The van der Waals surface area contributed by atoms with E-state index in [1.54, 1.807) is 0 Å². The van der Waals surface area contributed by atoms with Gasteiger partial charge in [-0.3, -0.25) is 0 Å². The van der Waals surface area contributed by atoms with Crippen molar-refractivity contribution in [2.45, 2.75) is 59.4 Å². The molecule has 1 aliphatic rings. The minimum atomic E-state index is 0.547. The lowest BCUT2D eigenvalue weighted by Gasteiger charge is -2.38. The second kappa shape index (κ2) is 15.0. The van der Waals surface area contributed by atoms with Crippen LogP contribution in [0.3, 0.4) is 0 Å². The summed E-state index contributed by atoms with van der Waals surface area (Å²) in [6, 6.07) is 53.9. The lowest BCUT2D eigenvalue weighted by molar-refractivity contribution is 0.345. The molecule has 0 unspecified atom stereocenters. The maximum atomic E-state index is 2.58. The summed E-state index contributed by atoms with van der Waals surface area (Å²) in [6.07, 6.45) is 9.53. The molecule has 50 heavy (non-hydrogen) atoms. The lowest BCUT2D eigenvalue weighted by atomic mass is 9.86. The monoisotopic (exact) mass is 652 g/mol. The zero-order valence-corrected chi connectivity index (χ0v) is 29.9. The fraction of sp³-hybridized carbons (Fsp3) is 0.208. The first kappa shape index (κ1) is 33.2. The Morgan fingerprint density at radius 2 is 0.720 bits per heavy atom. The van der Waals surface area contributed by atoms with Crippen LogP contribution in [-0.4, -0.2) is 6.04 Å². The number of rotatable bonds is 9. The molecule has 6 aromatic rings. The molecule has 2 nitrogen and oxygen atoms in total. The van der Waals surface area contributed by atoms with Gasteiger partial charge in [-0.1, -0.05) is 121 Å². The zero-order valence-electron chi connectivity index (χ0n) is 29.9.